The molecule has 4 heteroatoms. The second kappa shape index (κ2) is 6.94. The van der Waals surface area contributed by atoms with Gasteiger partial charge in [0.2, 0.25) is 0 Å². The molecule has 0 bridgehead atoms. The van der Waals surface area contributed by atoms with Gasteiger partial charge >= 0.3 is 0 Å². The van der Waals surface area contributed by atoms with Gasteiger partial charge in [-0.3, -0.25) is 4.79 Å². The Morgan fingerprint density at radius 3 is 2.62 bits per heavy atom. The van der Waals surface area contributed by atoms with Gasteiger partial charge in [-0.2, -0.15) is 0 Å². The molecular formula is C17H27N3O. The van der Waals surface area contributed by atoms with Gasteiger partial charge in [0.1, 0.15) is 0 Å². The summed E-state index contributed by atoms with van der Waals surface area (Å²) in [6, 6.07) is 5.85. The quantitative estimate of drug-likeness (QED) is 0.837. The van der Waals surface area contributed by atoms with Crippen molar-refractivity contribution in [3.63, 3.8) is 0 Å². The van der Waals surface area contributed by atoms with E-state index in [1.54, 1.807) is 0 Å². The van der Waals surface area contributed by atoms with Gasteiger partial charge in [-0.1, -0.05) is 19.9 Å². The van der Waals surface area contributed by atoms with Gasteiger partial charge in [-0.15, -0.1) is 0 Å². The summed E-state index contributed by atoms with van der Waals surface area (Å²) in [6.45, 7) is 9.73. The molecule has 1 amide bonds. The molecule has 116 valence electrons. The first-order chi connectivity index (χ1) is 9.95. The summed E-state index contributed by atoms with van der Waals surface area (Å²) in [7, 11) is 0. The monoisotopic (exact) mass is 289 g/mol. The molecule has 1 heterocycles. The largest absolute Gasteiger partial charge is 0.398 e. The molecule has 0 saturated carbocycles. The number of piperidine rings is 1. The van der Waals surface area contributed by atoms with E-state index in [0.29, 0.717) is 17.2 Å². The van der Waals surface area contributed by atoms with E-state index >= 15 is 0 Å². The van der Waals surface area contributed by atoms with Crippen LogP contribution in [0.2, 0.25) is 0 Å². The third-order valence-corrected chi connectivity index (χ3v) is 4.00. The molecule has 1 fully saturated rings. The number of hydrogen-bond acceptors (Lipinski definition) is 3. The van der Waals surface area contributed by atoms with Gasteiger partial charge in [0, 0.05) is 31.4 Å². The molecule has 0 unspecified atom stereocenters. The minimum absolute atomic E-state index is 0.0465. The zero-order valence-electron chi connectivity index (χ0n) is 13.4. The maximum Gasteiger partial charge on any atom is 0.253 e. The Morgan fingerprint density at radius 2 is 2.05 bits per heavy atom. The molecule has 0 aromatic heterocycles. The third-order valence-electron chi connectivity index (χ3n) is 4.00. The lowest BCUT2D eigenvalue weighted by molar-refractivity contribution is 0.0908. The highest BCUT2D eigenvalue weighted by molar-refractivity contribution is 5.99. The SMILES string of the molecule is Cc1ccc(C(=O)NC2CCN(CC(C)C)CC2)c(N)c1. The highest BCUT2D eigenvalue weighted by Gasteiger charge is 2.22. The normalized spacial score (nSPS) is 17.1. The molecule has 21 heavy (non-hydrogen) atoms. The van der Waals surface area contributed by atoms with Crippen LogP contribution in [0.3, 0.4) is 0 Å². The Kier molecular flexibility index (Phi) is 5.23. The molecule has 3 N–H and O–H groups in total. The number of anilines is 1. The summed E-state index contributed by atoms with van der Waals surface area (Å²) in [4.78, 5) is 14.8. The van der Waals surface area contributed by atoms with Gasteiger partial charge in [0.25, 0.3) is 5.91 Å². The average molecular weight is 289 g/mol. The third kappa shape index (κ3) is 4.46. The van der Waals surface area contributed by atoms with Crippen LogP contribution in [0.15, 0.2) is 18.2 Å². The van der Waals surface area contributed by atoms with Crippen molar-refractivity contribution < 1.29 is 4.79 Å². The van der Waals surface area contributed by atoms with Crippen LogP contribution in [0.5, 0.6) is 0 Å². The van der Waals surface area contributed by atoms with E-state index in [2.05, 4.69) is 24.1 Å². The summed E-state index contributed by atoms with van der Waals surface area (Å²) < 4.78 is 0. The minimum atomic E-state index is -0.0465. The number of nitrogen functional groups attached to an aromatic ring is 1. The number of likely N-dealkylation sites (tertiary alicyclic amines) is 1. The lowest BCUT2D eigenvalue weighted by atomic mass is 10.0. The molecule has 1 aromatic rings. The molecule has 2 rings (SSSR count). The van der Waals surface area contributed by atoms with Gasteiger partial charge in [0.05, 0.1) is 5.56 Å². The van der Waals surface area contributed by atoms with Gasteiger partial charge in [-0.25, -0.2) is 0 Å². The molecule has 0 radical (unpaired) electrons. The zero-order chi connectivity index (χ0) is 15.4. The lowest BCUT2D eigenvalue weighted by Gasteiger charge is -2.33. The van der Waals surface area contributed by atoms with Crippen LogP contribution < -0.4 is 11.1 Å². The molecule has 0 atom stereocenters. The van der Waals surface area contributed by atoms with Crippen molar-refractivity contribution in [1.29, 1.82) is 0 Å². The number of hydrogen-bond donors (Lipinski definition) is 2. The number of aryl methyl sites for hydroxylation is 1. The number of rotatable bonds is 4. The minimum Gasteiger partial charge on any atom is -0.398 e. The van der Waals surface area contributed by atoms with E-state index in [1.807, 2.05) is 25.1 Å². The molecule has 1 aliphatic heterocycles. The summed E-state index contributed by atoms with van der Waals surface area (Å²) in [5.74, 6) is 0.651. The van der Waals surface area contributed by atoms with Crippen LogP contribution in [-0.4, -0.2) is 36.5 Å². The van der Waals surface area contributed by atoms with E-state index in [-0.39, 0.29) is 11.9 Å². The second-order valence-corrected chi connectivity index (χ2v) is 6.53. The van der Waals surface area contributed by atoms with Crippen molar-refractivity contribution in [2.75, 3.05) is 25.4 Å². The van der Waals surface area contributed by atoms with Crippen molar-refractivity contribution in [3.05, 3.63) is 29.3 Å². The van der Waals surface area contributed by atoms with Crippen molar-refractivity contribution >= 4 is 11.6 Å². The maximum absolute atomic E-state index is 12.3. The van der Waals surface area contributed by atoms with E-state index in [4.69, 9.17) is 5.73 Å². The fourth-order valence-corrected chi connectivity index (χ4v) is 2.93. The van der Waals surface area contributed by atoms with Gasteiger partial charge < -0.3 is 16.0 Å². The van der Waals surface area contributed by atoms with Crippen molar-refractivity contribution in [2.24, 2.45) is 5.92 Å². The lowest BCUT2D eigenvalue weighted by Crippen LogP contribution is -2.45. The van der Waals surface area contributed by atoms with Crippen LogP contribution in [0, 0.1) is 12.8 Å². The Bertz CT molecular complexity index is 491. The fraction of sp³-hybridized carbons (Fsp3) is 0.588. The number of benzene rings is 1. The maximum atomic E-state index is 12.3. The smallest absolute Gasteiger partial charge is 0.253 e. The first-order valence-corrected chi connectivity index (χ1v) is 7.85. The standard InChI is InChI=1S/C17H27N3O/c1-12(2)11-20-8-6-14(7-9-20)19-17(21)15-5-4-13(3)10-16(15)18/h4-5,10,12,14H,6-9,11,18H2,1-3H3,(H,19,21). The summed E-state index contributed by atoms with van der Waals surface area (Å²) in [5.41, 5.74) is 8.16. The van der Waals surface area contributed by atoms with Gasteiger partial charge in [0.15, 0.2) is 0 Å². The van der Waals surface area contributed by atoms with Crippen LogP contribution in [0.4, 0.5) is 5.69 Å². The second-order valence-electron chi connectivity index (χ2n) is 6.53. The topological polar surface area (TPSA) is 58.4 Å². The van der Waals surface area contributed by atoms with Gasteiger partial charge in [-0.05, 0) is 43.4 Å². The average Bonchev–Trinajstić information content (AvgIpc) is 2.40. The number of amides is 1. The molecule has 1 saturated heterocycles. The first kappa shape index (κ1) is 15.8. The summed E-state index contributed by atoms with van der Waals surface area (Å²) >= 11 is 0. The molecular weight excluding hydrogens is 262 g/mol. The molecule has 0 aliphatic carbocycles. The van der Waals surface area contributed by atoms with Crippen LogP contribution in [0.1, 0.15) is 42.6 Å². The first-order valence-electron chi connectivity index (χ1n) is 7.85. The molecule has 4 nitrogen and oxygen atoms in total. The van der Waals surface area contributed by atoms with Crippen molar-refractivity contribution in [1.82, 2.24) is 10.2 Å². The summed E-state index contributed by atoms with van der Waals surface area (Å²) in [6.07, 6.45) is 2.04. The number of carbonyl (C=O) groups is 1. The highest BCUT2D eigenvalue weighted by Crippen LogP contribution is 2.16. The van der Waals surface area contributed by atoms with Crippen LogP contribution in [0.25, 0.3) is 0 Å². The number of nitrogens with two attached hydrogens (primary N) is 1. The van der Waals surface area contributed by atoms with E-state index in [0.717, 1.165) is 38.0 Å². The Hall–Kier alpha value is -1.55. The van der Waals surface area contributed by atoms with Crippen molar-refractivity contribution in [2.45, 2.75) is 39.7 Å². The number of nitrogens with one attached hydrogen (secondary N) is 1. The van der Waals surface area contributed by atoms with E-state index in [1.165, 1.54) is 0 Å². The predicted molar refractivity (Wildman–Crippen MR) is 87.4 cm³/mol. The molecule has 1 aromatic carbocycles. The summed E-state index contributed by atoms with van der Waals surface area (Å²) in [5, 5.41) is 3.12. The zero-order valence-corrected chi connectivity index (χ0v) is 13.4. The molecule has 0 spiro atoms. The Labute approximate surface area is 127 Å². The number of nitrogens with zero attached hydrogens (tertiary/aromatic N) is 1. The Morgan fingerprint density at radius 1 is 1.38 bits per heavy atom. The van der Waals surface area contributed by atoms with E-state index < -0.39 is 0 Å². The fourth-order valence-electron chi connectivity index (χ4n) is 2.93. The Balaban J connectivity index is 1.87. The van der Waals surface area contributed by atoms with Crippen molar-refractivity contribution in [3.8, 4) is 0 Å². The number of carbonyl (C=O) groups excluding carboxylic acids is 1. The van der Waals surface area contributed by atoms with E-state index in [9.17, 15) is 4.79 Å². The van der Waals surface area contributed by atoms with Crippen LogP contribution in [-0.2, 0) is 0 Å². The predicted octanol–water partition coefficient (Wildman–Crippen LogP) is 2.43. The van der Waals surface area contributed by atoms with Crippen LogP contribution >= 0.6 is 0 Å². The highest BCUT2D eigenvalue weighted by atomic mass is 16.1. The molecule has 1 aliphatic rings.